The molecule has 0 atom stereocenters. The number of rotatable bonds is 1. The molecule has 0 saturated heterocycles. The number of benzene rings is 2. The van der Waals surface area contributed by atoms with E-state index in [9.17, 15) is 0 Å². The SMILES string of the molecule is C1=[P+]=Cc2c1c1ccccc1n2-c1ccccc1. The van der Waals surface area contributed by atoms with Crippen molar-refractivity contribution in [1.29, 1.82) is 0 Å². The van der Waals surface area contributed by atoms with E-state index in [4.69, 9.17) is 0 Å². The minimum absolute atomic E-state index is 1.23. The number of hydrogen-bond donors (Lipinski definition) is 0. The molecular weight excluding hydrogens is 237 g/mol. The van der Waals surface area contributed by atoms with Gasteiger partial charge in [0.15, 0.2) is 0 Å². The predicted octanol–water partition coefficient (Wildman–Crippen LogP) is 3.89. The second kappa shape index (κ2) is 3.83. The summed E-state index contributed by atoms with van der Waals surface area (Å²) in [5, 5.41) is 1.35. The topological polar surface area (TPSA) is 4.93 Å². The molecule has 0 aliphatic carbocycles. The minimum atomic E-state index is 1.23. The number of hydrogen-bond acceptors (Lipinski definition) is 0. The number of fused-ring (bicyclic) bond motifs is 3. The van der Waals surface area contributed by atoms with Gasteiger partial charge >= 0.3 is 106 Å². The molecule has 0 spiro atoms. The summed E-state index contributed by atoms with van der Waals surface area (Å²) in [4.78, 5) is 0. The van der Waals surface area contributed by atoms with E-state index in [2.05, 4.69) is 70.8 Å². The first-order valence-electron chi connectivity index (χ1n) is 6.00. The Bertz CT molecular complexity index is 806. The first kappa shape index (κ1) is 10.1. The summed E-state index contributed by atoms with van der Waals surface area (Å²) < 4.78 is 2.35. The molecule has 2 heteroatoms. The van der Waals surface area contributed by atoms with Crippen LogP contribution in [-0.2, 0) is 0 Å². The molecule has 18 heavy (non-hydrogen) atoms. The van der Waals surface area contributed by atoms with Crippen LogP contribution in [0, 0.1) is 0 Å². The summed E-state index contributed by atoms with van der Waals surface area (Å²) in [7, 11) is 1.28. The fourth-order valence-corrected chi connectivity index (χ4v) is 3.48. The summed E-state index contributed by atoms with van der Waals surface area (Å²) >= 11 is 0. The van der Waals surface area contributed by atoms with Crippen molar-refractivity contribution < 1.29 is 0 Å². The first-order valence-corrected chi connectivity index (χ1v) is 7.04. The second-order valence-corrected chi connectivity index (χ2v) is 5.21. The van der Waals surface area contributed by atoms with E-state index >= 15 is 0 Å². The van der Waals surface area contributed by atoms with Crippen molar-refractivity contribution >= 4 is 30.3 Å². The quantitative estimate of drug-likeness (QED) is 0.450. The Morgan fingerprint density at radius 1 is 0.778 bits per heavy atom. The van der Waals surface area contributed by atoms with Crippen LogP contribution < -0.4 is 0 Å². The summed E-state index contributed by atoms with van der Waals surface area (Å²) in [6, 6.07) is 19.2. The van der Waals surface area contributed by atoms with Crippen LogP contribution >= 0.6 is 7.83 Å². The van der Waals surface area contributed by atoms with Crippen LogP contribution in [0.2, 0.25) is 0 Å². The molecule has 1 aromatic heterocycles. The Labute approximate surface area is 107 Å². The van der Waals surface area contributed by atoms with Crippen molar-refractivity contribution in [3.05, 3.63) is 65.9 Å². The van der Waals surface area contributed by atoms with Crippen molar-refractivity contribution in [1.82, 2.24) is 4.57 Å². The zero-order valence-corrected chi connectivity index (χ0v) is 10.6. The van der Waals surface area contributed by atoms with Crippen LogP contribution in [0.3, 0.4) is 0 Å². The third-order valence-corrected chi connectivity index (χ3v) is 4.17. The first-order chi connectivity index (χ1) is 8.95. The molecule has 0 radical (unpaired) electrons. The van der Waals surface area contributed by atoms with Gasteiger partial charge in [0, 0.05) is 0 Å². The number of nitrogens with zero attached hydrogens (tertiary/aromatic N) is 1. The van der Waals surface area contributed by atoms with Crippen molar-refractivity contribution in [3.8, 4) is 5.69 Å². The molecule has 0 bridgehead atoms. The van der Waals surface area contributed by atoms with Gasteiger partial charge in [0.05, 0.1) is 0 Å². The van der Waals surface area contributed by atoms with Crippen LogP contribution in [0.15, 0.2) is 54.6 Å². The molecule has 1 aliphatic rings. The van der Waals surface area contributed by atoms with Gasteiger partial charge in [-0.25, -0.2) is 0 Å². The van der Waals surface area contributed by atoms with Gasteiger partial charge in [-0.1, -0.05) is 0 Å². The van der Waals surface area contributed by atoms with Gasteiger partial charge in [-0.2, -0.15) is 0 Å². The zero-order valence-electron chi connectivity index (χ0n) is 9.75. The molecule has 1 aliphatic heterocycles. The van der Waals surface area contributed by atoms with E-state index in [0.29, 0.717) is 0 Å². The summed E-state index contributed by atoms with van der Waals surface area (Å²) in [6.07, 6.45) is 0. The average Bonchev–Trinajstić information content (AvgIpc) is 2.99. The van der Waals surface area contributed by atoms with E-state index in [0.717, 1.165) is 0 Å². The maximum absolute atomic E-state index is 2.35. The van der Waals surface area contributed by atoms with E-state index < -0.39 is 0 Å². The molecule has 2 aromatic carbocycles. The van der Waals surface area contributed by atoms with Crippen LogP contribution in [-0.4, -0.2) is 16.2 Å². The van der Waals surface area contributed by atoms with E-state index in [1.54, 1.807) is 0 Å². The molecule has 0 saturated carbocycles. The van der Waals surface area contributed by atoms with Gasteiger partial charge in [0.2, 0.25) is 0 Å². The molecule has 2 heterocycles. The van der Waals surface area contributed by atoms with E-state index in [-0.39, 0.29) is 0 Å². The van der Waals surface area contributed by atoms with Crippen molar-refractivity contribution in [2.45, 2.75) is 0 Å². The standard InChI is InChI=1S/C16H11NP/c1-2-6-12(7-3-1)17-15-9-5-4-8-13(15)14-10-18-11-16(14)17/h1-11H/q+1. The third kappa shape index (κ3) is 1.31. The van der Waals surface area contributed by atoms with Gasteiger partial charge in [-0.3, -0.25) is 0 Å². The van der Waals surface area contributed by atoms with Crippen molar-refractivity contribution in [2.24, 2.45) is 0 Å². The van der Waals surface area contributed by atoms with Gasteiger partial charge in [-0.05, 0) is 0 Å². The van der Waals surface area contributed by atoms with Gasteiger partial charge in [0.25, 0.3) is 0 Å². The molecule has 1 nitrogen and oxygen atoms in total. The molecule has 84 valence electrons. The normalized spacial score (nSPS) is 12.7. The fraction of sp³-hybridized carbons (Fsp3) is 0. The summed E-state index contributed by atoms with van der Waals surface area (Å²) in [5.41, 5.74) is 5.22. The van der Waals surface area contributed by atoms with Gasteiger partial charge in [-0.15, -0.1) is 0 Å². The third-order valence-electron chi connectivity index (χ3n) is 3.37. The van der Waals surface area contributed by atoms with E-state index in [1.165, 1.54) is 35.7 Å². The molecule has 3 aromatic rings. The van der Waals surface area contributed by atoms with Gasteiger partial charge < -0.3 is 0 Å². The molecular formula is C16H11NP+. The predicted molar refractivity (Wildman–Crippen MR) is 80.5 cm³/mol. The summed E-state index contributed by atoms with van der Waals surface area (Å²) in [5.74, 6) is 4.57. The van der Waals surface area contributed by atoms with Crippen molar-refractivity contribution in [3.63, 3.8) is 0 Å². The number of aromatic nitrogens is 1. The number of para-hydroxylation sites is 2. The monoisotopic (exact) mass is 248 g/mol. The van der Waals surface area contributed by atoms with Crippen molar-refractivity contribution in [2.75, 3.05) is 0 Å². The molecule has 0 fully saturated rings. The Morgan fingerprint density at radius 3 is 2.44 bits per heavy atom. The van der Waals surface area contributed by atoms with Crippen LogP contribution in [0.25, 0.3) is 16.6 Å². The second-order valence-electron chi connectivity index (χ2n) is 4.39. The molecule has 0 N–H and O–H groups in total. The molecule has 4 rings (SSSR count). The molecule has 0 amide bonds. The maximum atomic E-state index is 2.35. The Kier molecular flexibility index (Phi) is 2.15. The van der Waals surface area contributed by atoms with Crippen LogP contribution in [0.1, 0.15) is 11.3 Å². The Morgan fingerprint density at radius 2 is 1.56 bits per heavy atom. The van der Waals surface area contributed by atoms with Gasteiger partial charge in [0.1, 0.15) is 0 Å². The molecule has 0 unspecified atom stereocenters. The Balaban J connectivity index is 2.16. The van der Waals surface area contributed by atoms with E-state index in [1.807, 2.05) is 0 Å². The average molecular weight is 248 g/mol. The van der Waals surface area contributed by atoms with Crippen LogP contribution in [0.4, 0.5) is 0 Å². The Hall–Kier alpha value is -1.85. The fourth-order valence-electron chi connectivity index (χ4n) is 2.59. The van der Waals surface area contributed by atoms with Crippen LogP contribution in [0.5, 0.6) is 0 Å². The summed E-state index contributed by atoms with van der Waals surface area (Å²) in [6.45, 7) is 0. The zero-order chi connectivity index (χ0) is 11.9.